The normalized spacial score (nSPS) is 12.8. The molecular formula is C8H11ClN2O3S. The van der Waals surface area contributed by atoms with Crippen LogP contribution in [0.2, 0.25) is 0 Å². The summed E-state index contributed by atoms with van der Waals surface area (Å²) in [5.41, 5.74) is -0.585. The van der Waals surface area contributed by atoms with Gasteiger partial charge in [0, 0.05) is 10.7 Å². The summed E-state index contributed by atoms with van der Waals surface area (Å²) in [6.07, 6.45) is 1.61. The Morgan fingerprint density at radius 3 is 2.33 bits per heavy atom. The zero-order valence-corrected chi connectivity index (χ0v) is 10.1. The van der Waals surface area contributed by atoms with Crippen LogP contribution in [0.3, 0.4) is 0 Å². The van der Waals surface area contributed by atoms with Crippen LogP contribution in [0, 0.1) is 0 Å². The average molecular weight is 251 g/mol. The van der Waals surface area contributed by atoms with Gasteiger partial charge >= 0.3 is 0 Å². The van der Waals surface area contributed by atoms with E-state index in [1.165, 1.54) is 10.9 Å². The monoisotopic (exact) mass is 250 g/mol. The van der Waals surface area contributed by atoms with Gasteiger partial charge in [0.15, 0.2) is 11.3 Å². The Hall–Kier alpha value is -0.880. The van der Waals surface area contributed by atoms with Crippen molar-refractivity contribution in [3.8, 4) is 0 Å². The first-order valence-electron chi connectivity index (χ1n) is 4.16. The molecule has 0 fully saturated rings. The van der Waals surface area contributed by atoms with E-state index in [1.54, 1.807) is 20.8 Å². The fourth-order valence-electron chi connectivity index (χ4n) is 1.15. The quantitative estimate of drug-likeness (QED) is 0.587. The van der Waals surface area contributed by atoms with Gasteiger partial charge in [0.05, 0.1) is 17.3 Å². The van der Waals surface area contributed by atoms with Crippen LogP contribution in [-0.2, 0) is 14.6 Å². The predicted molar refractivity (Wildman–Crippen MR) is 55.6 cm³/mol. The molecule has 0 saturated carbocycles. The summed E-state index contributed by atoms with van der Waals surface area (Å²) in [5.74, 6) is 0. The minimum Gasteiger partial charge on any atom is -0.298 e. The summed E-state index contributed by atoms with van der Waals surface area (Å²) >= 11 is 0. The molecule has 84 valence electrons. The second kappa shape index (κ2) is 3.61. The van der Waals surface area contributed by atoms with Crippen molar-refractivity contribution < 1.29 is 13.2 Å². The third kappa shape index (κ3) is 2.38. The number of aldehydes is 1. The lowest BCUT2D eigenvalue weighted by Gasteiger charge is -2.21. The average Bonchev–Trinajstić information content (AvgIpc) is 2.44. The molecule has 1 heterocycles. The van der Waals surface area contributed by atoms with Crippen molar-refractivity contribution in [2.24, 2.45) is 0 Å². The predicted octanol–water partition coefficient (Wildman–Crippen LogP) is 1.38. The van der Waals surface area contributed by atoms with Crippen molar-refractivity contribution in [1.29, 1.82) is 0 Å². The molecule has 0 unspecified atom stereocenters. The molecule has 1 aromatic heterocycles. The van der Waals surface area contributed by atoms with Crippen LogP contribution < -0.4 is 0 Å². The van der Waals surface area contributed by atoms with E-state index in [-0.39, 0.29) is 10.6 Å². The van der Waals surface area contributed by atoms with E-state index < -0.39 is 14.6 Å². The molecule has 0 radical (unpaired) electrons. The number of hydrogen-bond acceptors (Lipinski definition) is 4. The van der Waals surface area contributed by atoms with Crippen molar-refractivity contribution in [3.63, 3.8) is 0 Å². The smallest absolute Gasteiger partial charge is 0.279 e. The molecule has 15 heavy (non-hydrogen) atoms. The maximum absolute atomic E-state index is 11.3. The Morgan fingerprint density at radius 2 is 2.00 bits per heavy atom. The highest BCUT2D eigenvalue weighted by Crippen LogP contribution is 2.24. The highest BCUT2D eigenvalue weighted by molar-refractivity contribution is 8.13. The van der Waals surface area contributed by atoms with Gasteiger partial charge in [-0.2, -0.15) is 5.10 Å². The summed E-state index contributed by atoms with van der Waals surface area (Å²) in [5, 5.41) is 3.59. The molecular weight excluding hydrogens is 240 g/mol. The maximum Gasteiger partial charge on any atom is 0.279 e. The van der Waals surface area contributed by atoms with Crippen molar-refractivity contribution in [2.45, 2.75) is 31.3 Å². The van der Waals surface area contributed by atoms with Gasteiger partial charge in [-0.25, -0.2) is 13.1 Å². The molecule has 0 aliphatic heterocycles. The third-order valence-corrected chi connectivity index (χ3v) is 3.05. The van der Waals surface area contributed by atoms with Gasteiger partial charge in [-0.15, -0.1) is 0 Å². The van der Waals surface area contributed by atoms with Crippen LogP contribution >= 0.6 is 10.7 Å². The second-order valence-corrected chi connectivity index (χ2v) is 6.52. The van der Waals surface area contributed by atoms with Crippen LogP contribution in [0.5, 0.6) is 0 Å². The zero-order valence-electron chi connectivity index (χ0n) is 8.56. The first-order valence-corrected chi connectivity index (χ1v) is 6.47. The van der Waals surface area contributed by atoms with Crippen LogP contribution in [-0.4, -0.2) is 24.5 Å². The Morgan fingerprint density at radius 1 is 1.47 bits per heavy atom. The van der Waals surface area contributed by atoms with Gasteiger partial charge in [0.1, 0.15) is 0 Å². The Bertz CT molecular complexity index is 484. The lowest BCUT2D eigenvalue weighted by atomic mass is 10.1. The van der Waals surface area contributed by atoms with E-state index in [0.29, 0.717) is 6.29 Å². The number of carbonyl (C=O) groups excluding carboxylic acids is 1. The largest absolute Gasteiger partial charge is 0.298 e. The van der Waals surface area contributed by atoms with E-state index in [1.807, 2.05) is 0 Å². The van der Waals surface area contributed by atoms with Gasteiger partial charge in [-0.1, -0.05) is 0 Å². The zero-order chi connectivity index (χ0) is 11.9. The van der Waals surface area contributed by atoms with Crippen LogP contribution in [0.4, 0.5) is 0 Å². The summed E-state index contributed by atoms with van der Waals surface area (Å²) < 4.78 is 23.8. The molecule has 0 saturated heterocycles. The summed E-state index contributed by atoms with van der Waals surface area (Å²) in [7, 11) is 1.27. The fourth-order valence-corrected chi connectivity index (χ4v) is 2.53. The first kappa shape index (κ1) is 12.2. The Balaban J connectivity index is 3.58. The second-order valence-electron chi connectivity index (χ2n) is 4.04. The highest BCUT2D eigenvalue weighted by Gasteiger charge is 2.28. The SMILES string of the molecule is CC(C)(C)n1ncc(C=O)c1S(=O)(=O)Cl. The minimum absolute atomic E-state index is 0.0278. The van der Waals surface area contributed by atoms with Gasteiger partial charge in [0.25, 0.3) is 9.05 Å². The third-order valence-electron chi connectivity index (χ3n) is 1.74. The molecule has 0 N–H and O–H groups in total. The molecule has 0 bridgehead atoms. The lowest BCUT2D eigenvalue weighted by molar-refractivity contribution is 0.111. The molecule has 0 amide bonds. The standard InChI is InChI=1S/C8H11ClN2O3S/c1-8(2,3)11-7(15(9,13)14)6(5-12)4-10-11/h4-5H,1-3H3. The maximum atomic E-state index is 11.3. The van der Waals surface area contributed by atoms with E-state index >= 15 is 0 Å². The molecule has 7 heteroatoms. The molecule has 1 aromatic rings. The first-order chi connectivity index (χ1) is 6.68. The van der Waals surface area contributed by atoms with E-state index in [4.69, 9.17) is 10.7 Å². The molecule has 0 aliphatic carbocycles. The number of carbonyl (C=O) groups is 1. The molecule has 1 rings (SSSR count). The van der Waals surface area contributed by atoms with Crippen LogP contribution in [0.1, 0.15) is 31.1 Å². The molecule has 5 nitrogen and oxygen atoms in total. The van der Waals surface area contributed by atoms with Crippen LogP contribution in [0.15, 0.2) is 11.2 Å². The number of aromatic nitrogens is 2. The molecule has 0 spiro atoms. The fraction of sp³-hybridized carbons (Fsp3) is 0.500. The van der Waals surface area contributed by atoms with E-state index in [9.17, 15) is 13.2 Å². The minimum atomic E-state index is -3.97. The molecule has 0 atom stereocenters. The van der Waals surface area contributed by atoms with Crippen LogP contribution in [0.25, 0.3) is 0 Å². The number of rotatable bonds is 2. The summed E-state index contributed by atoms with van der Waals surface area (Å²) in [4.78, 5) is 10.6. The lowest BCUT2D eigenvalue weighted by Crippen LogP contribution is -2.26. The van der Waals surface area contributed by atoms with Gasteiger partial charge in [-0.3, -0.25) is 4.79 Å². The van der Waals surface area contributed by atoms with Crippen molar-refractivity contribution in [2.75, 3.05) is 0 Å². The van der Waals surface area contributed by atoms with E-state index in [0.717, 1.165) is 0 Å². The molecule has 0 aromatic carbocycles. The number of nitrogens with zero attached hydrogens (tertiary/aromatic N) is 2. The Kier molecular flexibility index (Phi) is 2.93. The highest BCUT2D eigenvalue weighted by atomic mass is 35.7. The number of hydrogen-bond donors (Lipinski definition) is 0. The summed E-state index contributed by atoms with van der Waals surface area (Å²) in [6.45, 7) is 5.29. The van der Waals surface area contributed by atoms with Gasteiger partial charge < -0.3 is 0 Å². The summed E-state index contributed by atoms with van der Waals surface area (Å²) in [6, 6.07) is 0. The van der Waals surface area contributed by atoms with Crippen molar-refractivity contribution in [3.05, 3.63) is 11.8 Å². The van der Waals surface area contributed by atoms with Crippen molar-refractivity contribution in [1.82, 2.24) is 9.78 Å². The van der Waals surface area contributed by atoms with Gasteiger partial charge in [0.2, 0.25) is 0 Å². The topological polar surface area (TPSA) is 69.0 Å². The van der Waals surface area contributed by atoms with Crippen molar-refractivity contribution >= 4 is 26.0 Å². The van der Waals surface area contributed by atoms with E-state index in [2.05, 4.69) is 5.10 Å². The molecule has 0 aliphatic rings. The number of halogens is 1. The Labute approximate surface area is 92.5 Å². The van der Waals surface area contributed by atoms with Gasteiger partial charge in [-0.05, 0) is 20.8 Å².